The molecule has 98 valence electrons. The third-order valence-corrected chi connectivity index (χ3v) is 2.90. The fourth-order valence-corrected chi connectivity index (χ4v) is 1.84. The zero-order valence-corrected chi connectivity index (χ0v) is 10.7. The van der Waals surface area contributed by atoms with Crippen molar-refractivity contribution < 1.29 is 9.90 Å². The molecular weight excluding hydrogens is 240 g/mol. The summed E-state index contributed by atoms with van der Waals surface area (Å²) < 4.78 is 0. The van der Waals surface area contributed by atoms with E-state index >= 15 is 0 Å². The average Bonchev–Trinajstić information content (AvgIpc) is 2.38. The maximum absolute atomic E-state index is 12.1. The van der Waals surface area contributed by atoms with Gasteiger partial charge in [-0.05, 0) is 35.9 Å². The molecule has 0 aliphatic heterocycles. The number of anilines is 2. The van der Waals surface area contributed by atoms with Crippen molar-refractivity contribution in [1.82, 2.24) is 0 Å². The van der Waals surface area contributed by atoms with E-state index in [-0.39, 0.29) is 18.1 Å². The van der Waals surface area contributed by atoms with Crippen LogP contribution in [0.25, 0.3) is 0 Å². The molecule has 2 aromatic rings. The number of likely N-dealkylation sites (N-methyl/N-ethyl adjacent to an activating group) is 1. The Kier molecular flexibility index (Phi) is 3.71. The van der Waals surface area contributed by atoms with E-state index in [4.69, 9.17) is 5.73 Å². The number of hydrogen-bond acceptors (Lipinski definition) is 3. The summed E-state index contributed by atoms with van der Waals surface area (Å²) in [7, 11) is 1.71. The average molecular weight is 256 g/mol. The van der Waals surface area contributed by atoms with E-state index in [1.54, 1.807) is 42.3 Å². The first-order valence-corrected chi connectivity index (χ1v) is 5.96. The Labute approximate surface area is 112 Å². The van der Waals surface area contributed by atoms with Crippen molar-refractivity contribution in [3.8, 4) is 5.75 Å². The predicted molar refractivity (Wildman–Crippen MR) is 76.1 cm³/mol. The molecule has 2 rings (SSSR count). The Bertz CT molecular complexity index is 596. The molecule has 0 aromatic heterocycles. The summed E-state index contributed by atoms with van der Waals surface area (Å²) in [6.45, 7) is 0. The van der Waals surface area contributed by atoms with Gasteiger partial charge in [0.2, 0.25) is 5.91 Å². The van der Waals surface area contributed by atoms with Crippen molar-refractivity contribution >= 4 is 17.3 Å². The standard InChI is InChI=1S/C15H16N2O2/c1-17(13-6-3-5-12(16)10-13)15(19)9-11-4-2-7-14(18)8-11/h2-8,10,18H,9,16H2,1H3. The molecule has 0 atom stereocenters. The van der Waals surface area contributed by atoms with E-state index < -0.39 is 0 Å². The summed E-state index contributed by atoms with van der Waals surface area (Å²) in [6.07, 6.45) is 0.236. The third-order valence-electron chi connectivity index (χ3n) is 2.90. The minimum atomic E-state index is -0.0591. The molecule has 0 fully saturated rings. The highest BCUT2D eigenvalue weighted by Gasteiger charge is 2.12. The zero-order chi connectivity index (χ0) is 13.8. The Morgan fingerprint density at radius 2 is 1.95 bits per heavy atom. The number of rotatable bonds is 3. The number of nitrogens with zero attached hydrogens (tertiary/aromatic N) is 1. The van der Waals surface area contributed by atoms with Crippen LogP contribution in [0.1, 0.15) is 5.56 Å². The highest BCUT2D eigenvalue weighted by molar-refractivity contribution is 5.94. The molecule has 0 heterocycles. The number of hydrogen-bond donors (Lipinski definition) is 2. The zero-order valence-electron chi connectivity index (χ0n) is 10.7. The molecule has 3 N–H and O–H groups in total. The Morgan fingerprint density at radius 3 is 2.63 bits per heavy atom. The number of nitrogen functional groups attached to an aromatic ring is 1. The quantitative estimate of drug-likeness (QED) is 0.827. The first kappa shape index (κ1) is 13.0. The molecule has 0 saturated heterocycles. The van der Waals surface area contributed by atoms with Crippen molar-refractivity contribution in [3.05, 3.63) is 54.1 Å². The molecule has 0 radical (unpaired) electrons. The highest BCUT2D eigenvalue weighted by atomic mass is 16.3. The SMILES string of the molecule is CN(C(=O)Cc1cccc(O)c1)c1cccc(N)c1. The van der Waals surface area contributed by atoms with Crippen LogP contribution in [0.4, 0.5) is 11.4 Å². The number of phenolic OH excluding ortho intramolecular Hbond substituents is 1. The summed E-state index contributed by atoms with van der Waals surface area (Å²) >= 11 is 0. The Morgan fingerprint density at radius 1 is 1.21 bits per heavy atom. The van der Waals surface area contributed by atoms with Gasteiger partial charge in [-0.15, -0.1) is 0 Å². The fourth-order valence-electron chi connectivity index (χ4n) is 1.84. The number of phenols is 1. The lowest BCUT2D eigenvalue weighted by Gasteiger charge is -2.17. The van der Waals surface area contributed by atoms with E-state index in [2.05, 4.69) is 0 Å². The number of benzene rings is 2. The van der Waals surface area contributed by atoms with Crippen molar-refractivity contribution in [2.75, 3.05) is 17.7 Å². The second-order valence-corrected chi connectivity index (χ2v) is 4.39. The maximum Gasteiger partial charge on any atom is 0.231 e. The van der Waals surface area contributed by atoms with Crippen LogP contribution in [0.2, 0.25) is 0 Å². The van der Waals surface area contributed by atoms with Crippen molar-refractivity contribution in [2.24, 2.45) is 0 Å². The van der Waals surface area contributed by atoms with Gasteiger partial charge < -0.3 is 15.7 Å². The van der Waals surface area contributed by atoms with Gasteiger partial charge in [0.15, 0.2) is 0 Å². The lowest BCUT2D eigenvalue weighted by atomic mass is 10.1. The predicted octanol–water partition coefficient (Wildman–Crippen LogP) is 2.18. The van der Waals surface area contributed by atoms with Gasteiger partial charge in [0.05, 0.1) is 6.42 Å². The number of carbonyl (C=O) groups excluding carboxylic acids is 1. The molecule has 0 unspecified atom stereocenters. The van der Waals surface area contributed by atoms with E-state index in [1.165, 1.54) is 0 Å². The molecule has 1 amide bonds. The monoisotopic (exact) mass is 256 g/mol. The van der Waals surface area contributed by atoms with E-state index in [1.807, 2.05) is 18.2 Å². The normalized spacial score (nSPS) is 10.2. The summed E-state index contributed by atoms with van der Waals surface area (Å²) in [4.78, 5) is 13.7. The van der Waals surface area contributed by atoms with Crippen LogP contribution in [-0.2, 0) is 11.2 Å². The summed E-state index contributed by atoms with van der Waals surface area (Å²) in [6, 6.07) is 13.9. The van der Waals surface area contributed by atoms with Gasteiger partial charge in [0.1, 0.15) is 5.75 Å². The summed E-state index contributed by atoms with van der Waals surface area (Å²) in [5, 5.41) is 9.38. The largest absolute Gasteiger partial charge is 0.508 e. The highest BCUT2D eigenvalue weighted by Crippen LogP contribution is 2.18. The van der Waals surface area contributed by atoms with Crippen LogP contribution >= 0.6 is 0 Å². The van der Waals surface area contributed by atoms with Crippen LogP contribution in [0.15, 0.2) is 48.5 Å². The second-order valence-electron chi connectivity index (χ2n) is 4.39. The first-order valence-electron chi connectivity index (χ1n) is 5.96. The van der Waals surface area contributed by atoms with Gasteiger partial charge in [-0.3, -0.25) is 4.79 Å². The number of aromatic hydroxyl groups is 1. The lowest BCUT2D eigenvalue weighted by molar-refractivity contribution is -0.117. The summed E-state index contributed by atoms with van der Waals surface area (Å²) in [5.41, 5.74) is 7.85. The van der Waals surface area contributed by atoms with E-state index in [0.29, 0.717) is 5.69 Å². The molecule has 0 aliphatic rings. The van der Waals surface area contributed by atoms with Gasteiger partial charge in [0, 0.05) is 18.4 Å². The minimum absolute atomic E-state index is 0.0591. The van der Waals surface area contributed by atoms with Gasteiger partial charge in [-0.2, -0.15) is 0 Å². The van der Waals surface area contributed by atoms with Crippen molar-refractivity contribution in [1.29, 1.82) is 0 Å². The molecule has 0 aliphatic carbocycles. The number of amides is 1. The minimum Gasteiger partial charge on any atom is -0.508 e. The third kappa shape index (κ3) is 3.25. The molecule has 2 aromatic carbocycles. The van der Waals surface area contributed by atoms with Crippen LogP contribution in [0.3, 0.4) is 0 Å². The first-order chi connectivity index (χ1) is 9.06. The molecule has 4 heteroatoms. The Hall–Kier alpha value is -2.49. The molecule has 4 nitrogen and oxygen atoms in total. The van der Waals surface area contributed by atoms with Crippen molar-refractivity contribution in [3.63, 3.8) is 0 Å². The number of carbonyl (C=O) groups is 1. The molecule has 0 spiro atoms. The topological polar surface area (TPSA) is 66.6 Å². The van der Waals surface area contributed by atoms with Crippen LogP contribution in [-0.4, -0.2) is 18.1 Å². The molecule has 19 heavy (non-hydrogen) atoms. The van der Waals surface area contributed by atoms with Gasteiger partial charge in [0.25, 0.3) is 0 Å². The van der Waals surface area contributed by atoms with E-state index in [9.17, 15) is 9.90 Å². The smallest absolute Gasteiger partial charge is 0.231 e. The lowest BCUT2D eigenvalue weighted by Crippen LogP contribution is -2.27. The van der Waals surface area contributed by atoms with Gasteiger partial charge in [-0.1, -0.05) is 18.2 Å². The van der Waals surface area contributed by atoms with E-state index in [0.717, 1.165) is 11.3 Å². The Balaban J connectivity index is 2.12. The molecule has 0 saturated carbocycles. The fraction of sp³-hybridized carbons (Fsp3) is 0.133. The molecule has 0 bridgehead atoms. The van der Waals surface area contributed by atoms with Gasteiger partial charge >= 0.3 is 0 Å². The van der Waals surface area contributed by atoms with Crippen LogP contribution < -0.4 is 10.6 Å². The maximum atomic E-state index is 12.1. The van der Waals surface area contributed by atoms with Gasteiger partial charge in [-0.25, -0.2) is 0 Å². The van der Waals surface area contributed by atoms with Crippen LogP contribution in [0.5, 0.6) is 5.75 Å². The van der Waals surface area contributed by atoms with Crippen molar-refractivity contribution in [2.45, 2.75) is 6.42 Å². The second kappa shape index (κ2) is 5.44. The van der Waals surface area contributed by atoms with Crippen LogP contribution in [0, 0.1) is 0 Å². The number of nitrogens with two attached hydrogens (primary N) is 1. The summed E-state index contributed by atoms with van der Waals surface area (Å²) in [5.74, 6) is 0.105. The molecular formula is C15H16N2O2.